The van der Waals surface area contributed by atoms with E-state index in [4.69, 9.17) is 9.73 Å². The summed E-state index contributed by atoms with van der Waals surface area (Å²) in [6, 6.07) is 8.27. The van der Waals surface area contributed by atoms with E-state index in [-0.39, 0.29) is 36.0 Å². The van der Waals surface area contributed by atoms with Gasteiger partial charge in [-0.25, -0.2) is 4.98 Å². The summed E-state index contributed by atoms with van der Waals surface area (Å²) in [6.45, 7) is 7.57. The summed E-state index contributed by atoms with van der Waals surface area (Å²) >= 11 is 1.62. The molecule has 1 atom stereocenters. The van der Waals surface area contributed by atoms with Crippen LogP contribution >= 0.6 is 35.3 Å². The normalized spacial score (nSPS) is 14.0. The fourth-order valence-electron chi connectivity index (χ4n) is 3.55. The number of carbonyl (C=O) groups is 1. The predicted octanol–water partition coefficient (Wildman–Crippen LogP) is 4.19. The number of methoxy groups -OCH3 is 1. The third kappa shape index (κ3) is 7.14. The lowest BCUT2D eigenvalue weighted by atomic mass is 10.1. The fraction of sp³-hybridized carbons (Fsp3) is 0.522. The number of thiazole rings is 1. The van der Waals surface area contributed by atoms with E-state index in [2.05, 4.69) is 39.6 Å². The SMILES string of the molecule is CCNC(=NCCCC(=O)N1Cc2ccccc2C1)N(C)Cc1csc(C(C)OC)n1.I. The Morgan fingerprint density at radius 1 is 1.34 bits per heavy atom. The second-order valence-corrected chi connectivity index (χ2v) is 8.66. The van der Waals surface area contributed by atoms with Gasteiger partial charge in [-0.15, -0.1) is 35.3 Å². The van der Waals surface area contributed by atoms with E-state index in [1.165, 1.54) is 11.1 Å². The first-order chi connectivity index (χ1) is 15.0. The molecule has 1 aromatic heterocycles. The van der Waals surface area contributed by atoms with Gasteiger partial charge in [0.2, 0.25) is 5.91 Å². The van der Waals surface area contributed by atoms with Crippen molar-refractivity contribution in [2.45, 2.75) is 52.4 Å². The Hall–Kier alpha value is -1.72. The van der Waals surface area contributed by atoms with Crippen molar-refractivity contribution in [3.63, 3.8) is 0 Å². The van der Waals surface area contributed by atoms with Crippen molar-refractivity contribution < 1.29 is 9.53 Å². The lowest BCUT2D eigenvalue weighted by molar-refractivity contribution is -0.131. The summed E-state index contributed by atoms with van der Waals surface area (Å²) in [5.74, 6) is 1.03. The molecule has 0 saturated heterocycles. The lowest BCUT2D eigenvalue weighted by Crippen LogP contribution is -2.38. The highest BCUT2D eigenvalue weighted by molar-refractivity contribution is 14.0. The van der Waals surface area contributed by atoms with Crippen LogP contribution in [0.2, 0.25) is 0 Å². The van der Waals surface area contributed by atoms with Crippen LogP contribution in [0.3, 0.4) is 0 Å². The van der Waals surface area contributed by atoms with E-state index in [1.807, 2.05) is 31.0 Å². The lowest BCUT2D eigenvalue weighted by Gasteiger charge is -2.21. The molecule has 1 unspecified atom stereocenters. The predicted molar refractivity (Wildman–Crippen MR) is 140 cm³/mol. The summed E-state index contributed by atoms with van der Waals surface area (Å²) in [6.07, 6.45) is 1.26. The number of guanidine groups is 1. The molecule has 0 spiro atoms. The highest BCUT2D eigenvalue weighted by atomic mass is 127. The van der Waals surface area contributed by atoms with Crippen LogP contribution in [-0.4, -0.2) is 53.9 Å². The average molecular weight is 572 g/mol. The van der Waals surface area contributed by atoms with Crippen molar-refractivity contribution in [1.29, 1.82) is 0 Å². The first-order valence-electron chi connectivity index (χ1n) is 10.8. The maximum absolute atomic E-state index is 12.6. The van der Waals surface area contributed by atoms with Gasteiger partial charge in [0.15, 0.2) is 5.96 Å². The minimum Gasteiger partial charge on any atom is -0.375 e. The van der Waals surface area contributed by atoms with Crippen molar-refractivity contribution in [3.05, 3.63) is 51.5 Å². The topological polar surface area (TPSA) is 70.1 Å². The van der Waals surface area contributed by atoms with Gasteiger partial charge in [0.05, 0.1) is 12.2 Å². The molecule has 0 fully saturated rings. The van der Waals surface area contributed by atoms with Crippen molar-refractivity contribution in [2.24, 2.45) is 4.99 Å². The summed E-state index contributed by atoms with van der Waals surface area (Å²) in [5.41, 5.74) is 3.52. The molecule has 0 bridgehead atoms. The number of nitrogens with zero attached hydrogens (tertiary/aromatic N) is 4. The highest BCUT2D eigenvalue weighted by Gasteiger charge is 2.22. The average Bonchev–Trinajstić information content (AvgIpc) is 3.42. The molecule has 176 valence electrons. The number of fused-ring (bicyclic) bond motifs is 1. The van der Waals surface area contributed by atoms with Gasteiger partial charge in [0, 0.05) is 52.1 Å². The van der Waals surface area contributed by atoms with Gasteiger partial charge in [-0.05, 0) is 31.4 Å². The minimum absolute atomic E-state index is 0. The number of rotatable bonds is 9. The van der Waals surface area contributed by atoms with Gasteiger partial charge in [-0.3, -0.25) is 9.79 Å². The first kappa shape index (κ1) is 26.5. The molecule has 7 nitrogen and oxygen atoms in total. The Morgan fingerprint density at radius 2 is 2.03 bits per heavy atom. The Morgan fingerprint density at radius 3 is 2.66 bits per heavy atom. The molecule has 0 saturated carbocycles. The molecule has 32 heavy (non-hydrogen) atoms. The number of ether oxygens (including phenoxy) is 1. The number of benzene rings is 1. The third-order valence-electron chi connectivity index (χ3n) is 5.37. The van der Waals surface area contributed by atoms with Crippen LogP contribution in [-0.2, 0) is 29.2 Å². The smallest absolute Gasteiger partial charge is 0.223 e. The quantitative estimate of drug-likeness (QED) is 0.212. The number of aliphatic imine (C=N–C) groups is 1. The van der Waals surface area contributed by atoms with Gasteiger partial charge >= 0.3 is 0 Å². The number of amides is 1. The van der Waals surface area contributed by atoms with Gasteiger partial charge in [0.1, 0.15) is 11.1 Å². The maximum atomic E-state index is 12.6. The van der Waals surface area contributed by atoms with E-state index in [1.54, 1.807) is 18.4 Å². The molecule has 2 heterocycles. The van der Waals surface area contributed by atoms with Crippen molar-refractivity contribution >= 4 is 47.2 Å². The maximum Gasteiger partial charge on any atom is 0.223 e. The molecular weight excluding hydrogens is 537 g/mol. The zero-order chi connectivity index (χ0) is 22.2. The molecule has 1 aliphatic rings. The number of carbonyl (C=O) groups excluding carboxylic acids is 1. The molecule has 1 amide bonds. The summed E-state index contributed by atoms with van der Waals surface area (Å²) in [7, 11) is 3.70. The van der Waals surface area contributed by atoms with E-state index in [0.717, 1.165) is 42.7 Å². The molecule has 2 aromatic rings. The standard InChI is InChI=1S/C23H33N5O2S.HI/c1-5-24-23(27(3)15-20-16-31-22(26-20)17(2)30-4)25-12-8-11-21(29)28-13-18-9-6-7-10-19(18)14-28;/h6-7,9-10,16-17H,5,8,11-15H2,1-4H3,(H,24,25);1H. The minimum atomic E-state index is 0. The molecule has 0 aliphatic carbocycles. The van der Waals surface area contributed by atoms with Crippen LogP contribution in [0.1, 0.15) is 54.6 Å². The summed E-state index contributed by atoms with van der Waals surface area (Å²) < 4.78 is 5.35. The zero-order valence-corrected chi connectivity index (χ0v) is 22.5. The summed E-state index contributed by atoms with van der Waals surface area (Å²) in [4.78, 5) is 26.0. The van der Waals surface area contributed by atoms with E-state index in [0.29, 0.717) is 19.5 Å². The number of hydrogen-bond acceptors (Lipinski definition) is 5. The van der Waals surface area contributed by atoms with E-state index in [9.17, 15) is 4.79 Å². The van der Waals surface area contributed by atoms with Gasteiger partial charge < -0.3 is 19.9 Å². The number of aromatic nitrogens is 1. The molecule has 3 rings (SSSR count). The Balaban J connectivity index is 0.00000363. The molecule has 1 N–H and O–H groups in total. The van der Waals surface area contributed by atoms with Crippen LogP contribution in [0.4, 0.5) is 0 Å². The fourth-order valence-corrected chi connectivity index (χ4v) is 4.40. The molecule has 1 aromatic carbocycles. The van der Waals surface area contributed by atoms with Gasteiger partial charge in [-0.2, -0.15) is 0 Å². The second-order valence-electron chi connectivity index (χ2n) is 7.77. The Bertz CT molecular complexity index is 879. The monoisotopic (exact) mass is 571 g/mol. The van der Waals surface area contributed by atoms with Crippen molar-refractivity contribution in [1.82, 2.24) is 20.1 Å². The van der Waals surface area contributed by atoms with Crippen molar-refractivity contribution in [3.8, 4) is 0 Å². The van der Waals surface area contributed by atoms with Crippen LogP contribution in [0, 0.1) is 0 Å². The molecular formula is C23H34IN5O2S. The molecule has 9 heteroatoms. The number of nitrogens with one attached hydrogen (secondary N) is 1. The highest BCUT2D eigenvalue weighted by Crippen LogP contribution is 2.23. The Labute approximate surface area is 212 Å². The van der Waals surface area contributed by atoms with E-state index < -0.39 is 0 Å². The number of halogens is 1. The molecule has 0 radical (unpaired) electrons. The van der Waals surface area contributed by atoms with Crippen LogP contribution in [0.5, 0.6) is 0 Å². The number of hydrogen-bond donors (Lipinski definition) is 1. The first-order valence-corrected chi connectivity index (χ1v) is 11.7. The van der Waals surface area contributed by atoms with Gasteiger partial charge in [0.25, 0.3) is 0 Å². The van der Waals surface area contributed by atoms with Gasteiger partial charge in [-0.1, -0.05) is 24.3 Å². The van der Waals surface area contributed by atoms with Crippen LogP contribution < -0.4 is 5.32 Å². The Kier molecular flexibility index (Phi) is 10.9. The van der Waals surface area contributed by atoms with Crippen molar-refractivity contribution in [2.75, 3.05) is 27.2 Å². The summed E-state index contributed by atoms with van der Waals surface area (Å²) in [5, 5.41) is 6.38. The molecule has 1 aliphatic heterocycles. The van der Waals surface area contributed by atoms with Crippen LogP contribution in [0.25, 0.3) is 0 Å². The van der Waals surface area contributed by atoms with E-state index >= 15 is 0 Å². The van der Waals surface area contributed by atoms with Crippen LogP contribution in [0.15, 0.2) is 34.6 Å². The zero-order valence-electron chi connectivity index (χ0n) is 19.3. The second kappa shape index (κ2) is 13.1. The largest absolute Gasteiger partial charge is 0.375 e. The third-order valence-corrected chi connectivity index (χ3v) is 6.42.